The molecule has 0 radical (unpaired) electrons. The predicted molar refractivity (Wildman–Crippen MR) is 52.6 cm³/mol. The first-order valence-electron chi connectivity index (χ1n) is 4.42. The predicted octanol–water partition coefficient (Wildman–Crippen LogP) is 0.120. The van der Waals surface area contributed by atoms with Crippen LogP contribution in [0, 0.1) is 11.8 Å². The lowest BCUT2D eigenvalue weighted by molar-refractivity contribution is -0.146. The van der Waals surface area contributed by atoms with Crippen LogP contribution in [0.5, 0.6) is 0 Å². The Kier molecular flexibility index (Phi) is 6.42. The fourth-order valence-corrected chi connectivity index (χ4v) is 0.700. The average molecular weight is 197 g/mol. The van der Waals surface area contributed by atoms with E-state index in [2.05, 4.69) is 17.2 Å². The number of hydrogen-bond acceptors (Lipinski definition) is 4. The van der Waals surface area contributed by atoms with Crippen LogP contribution in [0.1, 0.15) is 20.8 Å². The van der Waals surface area contributed by atoms with Crippen molar-refractivity contribution < 1.29 is 14.3 Å². The van der Waals surface area contributed by atoms with E-state index in [-0.39, 0.29) is 24.4 Å². The lowest BCUT2D eigenvalue weighted by Gasteiger charge is -2.06. The fourth-order valence-electron chi connectivity index (χ4n) is 0.700. The van der Waals surface area contributed by atoms with Crippen LogP contribution in [0.3, 0.4) is 0 Å². The van der Waals surface area contributed by atoms with Crippen LogP contribution in [0.4, 0.5) is 0 Å². The lowest BCUT2D eigenvalue weighted by atomic mass is 10.4. The third-order valence-electron chi connectivity index (χ3n) is 1.11. The lowest BCUT2D eigenvalue weighted by Crippen LogP contribution is -2.26. The van der Waals surface area contributed by atoms with Crippen molar-refractivity contribution in [3.63, 3.8) is 0 Å². The molecule has 0 saturated heterocycles. The molecule has 78 valence electrons. The minimum atomic E-state index is -0.315. The number of carbonyl (C=O) groups is 2. The van der Waals surface area contributed by atoms with Crippen LogP contribution in [0.2, 0.25) is 0 Å². The molecule has 0 unspecified atom stereocenters. The first kappa shape index (κ1) is 12.7. The van der Waals surface area contributed by atoms with Crippen molar-refractivity contribution in [1.29, 1.82) is 0 Å². The Morgan fingerprint density at radius 2 is 2.07 bits per heavy atom. The molecule has 0 aromatic carbocycles. The molecule has 14 heavy (non-hydrogen) atoms. The number of hydrogen-bond donors (Lipinski definition) is 1. The van der Waals surface area contributed by atoms with Gasteiger partial charge in [-0.25, -0.2) is 0 Å². The number of nitrogens with one attached hydrogen (secondary N) is 1. The van der Waals surface area contributed by atoms with Crippen LogP contribution < -0.4 is 5.32 Å². The van der Waals surface area contributed by atoms with Crippen LogP contribution in [0.15, 0.2) is 0 Å². The van der Waals surface area contributed by atoms with Gasteiger partial charge >= 0.3 is 5.97 Å². The zero-order chi connectivity index (χ0) is 11.0. The summed E-state index contributed by atoms with van der Waals surface area (Å²) in [5, 5.41) is 2.75. The molecule has 0 bridgehead atoms. The first-order chi connectivity index (χ1) is 6.52. The minimum absolute atomic E-state index is 0.104. The molecule has 0 rings (SSSR count). The number of ketones is 1. The number of esters is 1. The van der Waals surface area contributed by atoms with Crippen LogP contribution in [-0.2, 0) is 14.3 Å². The van der Waals surface area contributed by atoms with Gasteiger partial charge < -0.3 is 4.74 Å². The molecule has 0 fully saturated rings. The Morgan fingerprint density at radius 1 is 1.43 bits per heavy atom. The maximum absolute atomic E-state index is 11.0. The summed E-state index contributed by atoms with van der Waals surface area (Å²) in [7, 11) is 0. The summed E-state index contributed by atoms with van der Waals surface area (Å²) in [5.41, 5.74) is 0. The van der Waals surface area contributed by atoms with E-state index in [1.54, 1.807) is 13.8 Å². The van der Waals surface area contributed by atoms with Crippen molar-refractivity contribution in [2.24, 2.45) is 0 Å². The molecule has 0 aromatic heterocycles. The molecule has 0 saturated carbocycles. The second kappa shape index (κ2) is 7.10. The van der Waals surface area contributed by atoms with E-state index < -0.39 is 0 Å². The number of ether oxygens (including phenoxy) is 1. The molecule has 0 aliphatic carbocycles. The summed E-state index contributed by atoms with van der Waals surface area (Å²) in [6, 6.07) is 0. The first-order valence-corrected chi connectivity index (χ1v) is 4.42. The molecule has 0 aliphatic heterocycles. The van der Waals surface area contributed by atoms with Gasteiger partial charge in [0.2, 0.25) is 5.78 Å². The van der Waals surface area contributed by atoms with Gasteiger partial charge in [0.05, 0.1) is 19.2 Å². The Hall–Kier alpha value is -1.34. The third-order valence-corrected chi connectivity index (χ3v) is 1.11. The maximum Gasteiger partial charge on any atom is 0.320 e. The van der Waals surface area contributed by atoms with Gasteiger partial charge in [0.1, 0.15) is 0 Å². The molecule has 0 atom stereocenters. The standard InChI is InChI=1S/C10H15NO3/c1-8(2)14-10(13)7-11-6-4-5-9(3)12/h8,11H,6-7H2,1-3H3. The molecule has 0 aromatic rings. The van der Waals surface area contributed by atoms with Crippen molar-refractivity contribution in [2.45, 2.75) is 26.9 Å². The molecule has 0 aliphatic rings. The van der Waals surface area contributed by atoms with E-state index in [9.17, 15) is 9.59 Å². The molecule has 0 heterocycles. The van der Waals surface area contributed by atoms with Crippen LogP contribution in [-0.4, -0.2) is 30.9 Å². The molecule has 0 spiro atoms. The van der Waals surface area contributed by atoms with Crippen molar-refractivity contribution in [1.82, 2.24) is 5.32 Å². The van der Waals surface area contributed by atoms with Crippen LogP contribution >= 0.6 is 0 Å². The van der Waals surface area contributed by atoms with Crippen LogP contribution in [0.25, 0.3) is 0 Å². The summed E-state index contributed by atoms with van der Waals surface area (Å²) < 4.78 is 4.86. The van der Waals surface area contributed by atoms with Crippen molar-refractivity contribution in [2.75, 3.05) is 13.1 Å². The zero-order valence-corrected chi connectivity index (χ0v) is 8.72. The highest BCUT2D eigenvalue weighted by molar-refractivity contribution is 5.93. The maximum atomic E-state index is 11.0. The quantitative estimate of drug-likeness (QED) is 0.301. The summed E-state index contributed by atoms with van der Waals surface area (Å²) in [4.78, 5) is 21.3. The van der Waals surface area contributed by atoms with E-state index in [4.69, 9.17) is 4.74 Å². The van der Waals surface area contributed by atoms with Gasteiger partial charge in [-0.05, 0) is 19.8 Å². The van der Waals surface area contributed by atoms with Crippen molar-refractivity contribution in [3.8, 4) is 11.8 Å². The Balaban J connectivity index is 3.51. The normalized spacial score (nSPS) is 9.14. The molecular weight excluding hydrogens is 182 g/mol. The van der Waals surface area contributed by atoms with Gasteiger partial charge in [-0.2, -0.15) is 0 Å². The van der Waals surface area contributed by atoms with E-state index >= 15 is 0 Å². The number of carbonyl (C=O) groups excluding carboxylic acids is 2. The number of Topliss-reactive ketones (excluding diaryl/α,β-unsaturated/α-hetero) is 1. The van der Waals surface area contributed by atoms with Gasteiger partial charge in [0.15, 0.2) is 0 Å². The van der Waals surface area contributed by atoms with Gasteiger partial charge in [-0.3, -0.25) is 14.9 Å². The van der Waals surface area contributed by atoms with Gasteiger partial charge in [-0.15, -0.1) is 0 Å². The Morgan fingerprint density at radius 3 is 2.57 bits per heavy atom. The summed E-state index contributed by atoms with van der Waals surface area (Å²) in [6.07, 6.45) is -0.104. The average Bonchev–Trinajstić information content (AvgIpc) is 2.01. The smallest absolute Gasteiger partial charge is 0.320 e. The van der Waals surface area contributed by atoms with Gasteiger partial charge in [0.25, 0.3) is 0 Å². The zero-order valence-electron chi connectivity index (χ0n) is 8.72. The van der Waals surface area contributed by atoms with Crippen molar-refractivity contribution >= 4 is 11.8 Å². The molecule has 4 nitrogen and oxygen atoms in total. The summed E-state index contributed by atoms with van der Waals surface area (Å²) in [5.74, 6) is 4.43. The Labute approximate surface area is 84.0 Å². The summed E-state index contributed by atoms with van der Waals surface area (Å²) in [6.45, 7) is 5.39. The minimum Gasteiger partial charge on any atom is -0.462 e. The largest absolute Gasteiger partial charge is 0.462 e. The second-order valence-corrected chi connectivity index (χ2v) is 3.00. The topological polar surface area (TPSA) is 55.4 Å². The third kappa shape index (κ3) is 8.75. The fraction of sp³-hybridized carbons (Fsp3) is 0.600. The van der Waals surface area contributed by atoms with E-state index in [0.717, 1.165) is 0 Å². The highest BCUT2D eigenvalue weighted by atomic mass is 16.5. The van der Waals surface area contributed by atoms with Crippen molar-refractivity contribution in [3.05, 3.63) is 0 Å². The van der Waals surface area contributed by atoms with E-state index in [1.165, 1.54) is 6.92 Å². The monoisotopic (exact) mass is 197 g/mol. The molecular formula is C10H15NO3. The number of rotatable bonds is 4. The van der Waals surface area contributed by atoms with Gasteiger partial charge in [-0.1, -0.05) is 5.92 Å². The highest BCUT2D eigenvalue weighted by Crippen LogP contribution is 1.86. The van der Waals surface area contributed by atoms with Gasteiger partial charge in [0, 0.05) is 6.92 Å². The SMILES string of the molecule is CC(=O)C#CCNCC(=O)OC(C)C. The molecule has 0 amide bonds. The molecule has 1 N–H and O–H groups in total. The molecule has 4 heteroatoms. The Bertz CT molecular complexity index is 260. The van der Waals surface area contributed by atoms with E-state index in [1.807, 2.05) is 0 Å². The van der Waals surface area contributed by atoms with E-state index in [0.29, 0.717) is 6.54 Å². The highest BCUT2D eigenvalue weighted by Gasteiger charge is 2.02. The summed E-state index contributed by atoms with van der Waals surface area (Å²) >= 11 is 0. The second-order valence-electron chi connectivity index (χ2n) is 3.00.